The predicted octanol–water partition coefficient (Wildman–Crippen LogP) is 3.78. The van der Waals surface area contributed by atoms with Gasteiger partial charge in [0.15, 0.2) is 0 Å². The first-order chi connectivity index (χ1) is 11.3. The van der Waals surface area contributed by atoms with Gasteiger partial charge in [-0.1, -0.05) is 30.3 Å². The van der Waals surface area contributed by atoms with Crippen molar-refractivity contribution in [2.24, 2.45) is 0 Å². The van der Waals surface area contributed by atoms with Crippen molar-refractivity contribution in [3.8, 4) is 16.9 Å². The van der Waals surface area contributed by atoms with Crippen LogP contribution in [-0.4, -0.2) is 31.3 Å². The van der Waals surface area contributed by atoms with Crippen LogP contribution in [0.15, 0.2) is 36.4 Å². The molecule has 0 saturated carbocycles. The average Bonchev–Trinajstić information content (AvgIpc) is 2.93. The Kier molecular flexibility index (Phi) is 3.26. The summed E-state index contributed by atoms with van der Waals surface area (Å²) in [4.78, 5) is 14.3. The highest BCUT2D eigenvalue weighted by atomic mass is 16.6. The van der Waals surface area contributed by atoms with Gasteiger partial charge in [-0.05, 0) is 41.7 Å². The molecule has 118 valence electrons. The van der Waals surface area contributed by atoms with Crippen molar-refractivity contribution in [1.82, 2.24) is 4.90 Å². The highest BCUT2D eigenvalue weighted by Crippen LogP contribution is 2.53. The topological polar surface area (TPSA) is 38.8 Å². The van der Waals surface area contributed by atoms with Gasteiger partial charge in [0.2, 0.25) is 0 Å². The van der Waals surface area contributed by atoms with E-state index in [-0.39, 0.29) is 12.1 Å². The first kappa shape index (κ1) is 14.1. The number of benzene rings is 2. The molecule has 0 N–H and O–H groups in total. The summed E-state index contributed by atoms with van der Waals surface area (Å²) >= 11 is 0. The Labute approximate surface area is 135 Å². The van der Waals surface area contributed by atoms with Crippen molar-refractivity contribution < 1.29 is 14.3 Å². The number of methoxy groups -OCH3 is 1. The van der Waals surface area contributed by atoms with Gasteiger partial charge in [0.1, 0.15) is 5.75 Å². The molecular formula is C19H19NO3. The molecular weight excluding hydrogens is 290 g/mol. The zero-order valence-corrected chi connectivity index (χ0v) is 13.3. The summed E-state index contributed by atoms with van der Waals surface area (Å²) in [6.45, 7) is 2.91. The summed E-state index contributed by atoms with van der Waals surface area (Å²) in [5, 5.41) is 0. The van der Waals surface area contributed by atoms with Crippen LogP contribution in [0.5, 0.6) is 5.75 Å². The maximum Gasteiger partial charge on any atom is 0.410 e. The van der Waals surface area contributed by atoms with Crippen LogP contribution in [0.1, 0.15) is 29.7 Å². The Morgan fingerprint density at radius 2 is 2.09 bits per heavy atom. The summed E-state index contributed by atoms with van der Waals surface area (Å²) in [6, 6.07) is 12.3. The summed E-state index contributed by atoms with van der Waals surface area (Å²) in [6.07, 6.45) is 0.601. The first-order valence-electron chi connectivity index (χ1n) is 7.98. The van der Waals surface area contributed by atoms with Crippen molar-refractivity contribution in [3.05, 3.63) is 53.1 Å². The lowest BCUT2D eigenvalue weighted by atomic mass is 9.91. The highest BCUT2D eigenvalue weighted by Gasteiger charge is 2.41. The van der Waals surface area contributed by atoms with Gasteiger partial charge in [-0.15, -0.1) is 0 Å². The van der Waals surface area contributed by atoms with Crippen LogP contribution in [0, 0.1) is 0 Å². The van der Waals surface area contributed by atoms with Crippen LogP contribution in [0.4, 0.5) is 4.79 Å². The average molecular weight is 309 g/mol. The van der Waals surface area contributed by atoms with Crippen LogP contribution in [0.2, 0.25) is 0 Å². The number of ether oxygens (including phenoxy) is 2. The molecule has 0 spiro atoms. The zero-order valence-electron chi connectivity index (χ0n) is 13.3. The second kappa shape index (κ2) is 5.30. The maximum absolute atomic E-state index is 12.4. The van der Waals surface area contributed by atoms with E-state index >= 15 is 0 Å². The van der Waals surface area contributed by atoms with Crippen LogP contribution >= 0.6 is 0 Å². The summed E-state index contributed by atoms with van der Waals surface area (Å²) in [7, 11) is 1.69. The normalized spacial score (nSPS) is 17.5. The third kappa shape index (κ3) is 1.94. The third-order valence-electron chi connectivity index (χ3n) is 4.75. The SMILES string of the molecule is CCOC(=O)N1CCc2ccc(OC)c3c2C1c1ccccc1-3. The van der Waals surface area contributed by atoms with Gasteiger partial charge in [0.25, 0.3) is 0 Å². The molecule has 4 rings (SSSR count). The summed E-state index contributed by atoms with van der Waals surface area (Å²) < 4.78 is 10.9. The van der Waals surface area contributed by atoms with Crippen molar-refractivity contribution in [1.29, 1.82) is 0 Å². The van der Waals surface area contributed by atoms with Crippen LogP contribution < -0.4 is 4.74 Å². The molecule has 0 radical (unpaired) electrons. The van der Waals surface area contributed by atoms with E-state index in [4.69, 9.17) is 9.47 Å². The van der Waals surface area contributed by atoms with E-state index in [1.54, 1.807) is 7.11 Å². The minimum Gasteiger partial charge on any atom is -0.496 e. The van der Waals surface area contributed by atoms with E-state index in [1.807, 2.05) is 30.0 Å². The van der Waals surface area contributed by atoms with E-state index in [0.717, 1.165) is 28.9 Å². The molecule has 1 amide bonds. The van der Waals surface area contributed by atoms with Gasteiger partial charge in [0, 0.05) is 12.1 Å². The summed E-state index contributed by atoms with van der Waals surface area (Å²) in [5.41, 5.74) is 5.93. The standard InChI is InChI=1S/C19H19NO3/c1-3-23-19(21)20-11-10-12-8-9-15(22-2)17-13-6-4-5-7-14(13)18(20)16(12)17/h4-9,18H,3,10-11H2,1-2H3. The Bertz CT molecular complexity index is 784. The van der Waals surface area contributed by atoms with E-state index in [0.29, 0.717) is 13.2 Å². The lowest BCUT2D eigenvalue weighted by Gasteiger charge is -2.34. The van der Waals surface area contributed by atoms with Gasteiger partial charge in [-0.3, -0.25) is 4.90 Å². The van der Waals surface area contributed by atoms with E-state index < -0.39 is 0 Å². The largest absolute Gasteiger partial charge is 0.496 e. The number of fused-ring (bicyclic) bond motifs is 3. The fourth-order valence-corrected chi connectivity index (χ4v) is 3.84. The third-order valence-corrected chi connectivity index (χ3v) is 4.75. The quantitative estimate of drug-likeness (QED) is 0.847. The molecule has 0 bridgehead atoms. The van der Waals surface area contributed by atoms with Gasteiger partial charge < -0.3 is 9.47 Å². The monoisotopic (exact) mass is 309 g/mol. The summed E-state index contributed by atoms with van der Waals surface area (Å²) in [5.74, 6) is 0.865. The predicted molar refractivity (Wildman–Crippen MR) is 87.7 cm³/mol. The molecule has 0 aromatic heterocycles. The molecule has 1 atom stereocenters. The number of amides is 1. The molecule has 1 heterocycles. The van der Waals surface area contributed by atoms with Crippen molar-refractivity contribution >= 4 is 6.09 Å². The van der Waals surface area contributed by atoms with Crippen molar-refractivity contribution in [2.75, 3.05) is 20.3 Å². The number of carbonyl (C=O) groups is 1. The van der Waals surface area contributed by atoms with Crippen molar-refractivity contribution in [2.45, 2.75) is 19.4 Å². The molecule has 4 heteroatoms. The Morgan fingerprint density at radius 3 is 2.87 bits per heavy atom. The molecule has 1 aliphatic carbocycles. The van der Waals surface area contributed by atoms with E-state index in [9.17, 15) is 4.79 Å². The molecule has 2 aromatic carbocycles. The minimum atomic E-state index is -0.242. The molecule has 2 aliphatic rings. The zero-order chi connectivity index (χ0) is 16.0. The number of carbonyl (C=O) groups excluding carboxylic acids is 1. The molecule has 0 fully saturated rings. The lowest BCUT2D eigenvalue weighted by Crippen LogP contribution is -2.40. The van der Waals surface area contributed by atoms with Crippen LogP contribution in [-0.2, 0) is 11.2 Å². The Morgan fingerprint density at radius 1 is 1.26 bits per heavy atom. The molecule has 23 heavy (non-hydrogen) atoms. The van der Waals surface area contributed by atoms with Crippen molar-refractivity contribution in [3.63, 3.8) is 0 Å². The van der Waals surface area contributed by atoms with E-state index in [1.165, 1.54) is 11.1 Å². The molecule has 1 aliphatic heterocycles. The fourth-order valence-electron chi connectivity index (χ4n) is 3.84. The lowest BCUT2D eigenvalue weighted by molar-refractivity contribution is 0.0945. The first-order valence-corrected chi connectivity index (χ1v) is 7.98. The van der Waals surface area contributed by atoms with E-state index in [2.05, 4.69) is 18.2 Å². The van der Waals surface area contributed by atoms with Gasteiger partial charge in [0.05, 0.1) is 19.8 Å². The second-order valence-electron chi connectivity index (χ2n) is 5.85. The maximum atomic E-state index is 12.4. The van der Waals surface area contributed by atoms with Gasteiger partial charge in [-0.2, -0.15) is 0 Å². The molecule has 4 nitrogen and oxygen atoms in total. The second-order valence-corrected chi connectivity index (χ2v) is 5.85. The molecule has 2 aromatic rings. The minimum absolute atomic E-state index is 0.0703. The molecule has 0 saturated heterocycles. The van der Waals surface area contributed by atoms with Crippen LogP contribution in [0.3, 0.4) is 0 Å². The van der Waals surface area contributed by atoms with Crippen LogP contribution in [0.25, 0.3) is 11.1 Å². The van der Waals surface area contributed by atoms with Gasteiger partial charge in [-0.25, -0.2) is 4.79 Å². The Hall–Kier alpha value is -2.49. The number of rotatable bonds is 2. The smallest absolute Gasteiger partial charge is 0.410 e. The number of nitrogens with zero attached hydrogens (tertiary/aromatic N) is 1. The highest BCUT2D eigenvalue weighted by molar-refractivity contribution is 5.86. The van der Waals surface area contributed by atoms with Gasteiger partial charge >= 0.3 is 6.09 Å². The fraction of sp³-hybridized carbons (Fsp3) is 0.316. The molecule has 1 unspecified atom stereocenters. The Balaban J connectivity index is 1.94. The number of hydrogen-bond acceptors (Lipinski definition) is 3. The number of hydrogen-bond donors (Lipinski definition) is 0.